The maximum atomic E-state index is 5.60. The van der Waals surface area contributed by atoms with Crippen molar-refractivity contribution in [2.75, 3.05) is 12.4 Å². The van der Waals surface area contributed by atoms with Crippen LogP contribution >= 0.6 is 0 Å². The van der Waals surface area contributed by atoms with Gasteiger partial charge in [-0.3, -0.25) is 0 Å². The van der Waals surface area contributed by atoms with Crippen LogP contribution in [0.3, 0.4) is 0 Å². The third-order valence-corrected chi connectivity index (χ3v) is 2.19. The third-order valence-electron chi connectivity index (χ3n) is 2.19. The number of benzene rings is 1. The summed E-state index contributed by atoms with van der Waals surface area (Å²) in [5.74, 6) is 0.829. The van der Waals surface area contributed by atoms with Crippen LogP contribution in [-0.4, -0.2) is 12.0 Å². The van der Waals surface area contributed by atoms with Crippen LogP contribution in [0.5, 0.6) is 0 Å². The Kier molecular flexibility index (Phi) is 2.39. The Labute approximate surface area is 83.1 Å². The molecule has 2 rings (SSSR count). The molecule has 0 fully saturated rings. The van der Waals surface area contributed by atoms with Gasteiger partial charge >= 0.3 is 0 Å². The van der Waals surface area contributed by atoms with Gasteiger partial charge in [-0.15, -0.1) is 0 Å². The highest BCUT2D eigenvalue weighted by Gasteiger charge is 2.04. The first-order valence-electron chi connectivity index (χ1n) is 4.90. The summed E-state index contributed by atoms with van der Waals surface area (Å²) in [6, 6.07) is 5.95. The molecule has 0 spiro atoms. The van der Waals surface area contributed by atoms with Crippen LogP contribution in [0, 0.1) is 0 Å². The second kappa shape index (κ2) is 3.70. The zero-order chi connectivity index (χ0) is 9.97. The van der Waals surface area contributed by atoms with E-state index < -0.39 is 0 Å². The lowest BCUT2D eigenvalue weighted by atomic mass is 10.3. The summed E-state index contributed by atoms with van der Waals surface area (Å²) in [4.78, 5) is 4.38. The molecule has 0 radical (unpaired) electrons. The number of nitrogens with one attached hydrogen (secondary N) is 1. The van der Waals surface area contributed by atoms with Crippen molar-refractivity contribution in [3.63, 3.8) is 0 Å². The van der Waals surface area contributed by atoms with E-state index in [2.05, 4.69) is 17.2 Å². The molecule has 74 valence electrons. The van der Waals surface area contributed by atoms with E-state index in [9.17, 15) is 0 Å². The van der Waals surface area contributed by atoms with Crippen LogP contribution in [0.4, 0.5) is 5.69 Å². The van der Waals surface area contributed by atoms with Gasteiger partial charge in [0.1, 0.15) is 5.52 Å². The van der Waals surface area contributed by atoms with E-state index in [1.807, 2.05) is 25.2 Å². The van der Waals surface area contributed by atoms with Gasteiger partial charge in [-0.25, -0.2) is 4.98 Å². The fourth-order valence-electron chi connectivity index (χ4n) is 1.45. The van der Waals surface area contributed by atoms with Crippen LogP contribution < -0.4 is 5.32 Å². The van der Waals surface area contributed by atoms with Crippen molar-refractivity contribution in [2.45, 2.75) is 19.8 Å². The van der Waals surface area contributed by atoms with Crippen molar-refractivity contribution in [1.29, 1.82) is 0 Å². The van der Waals surface area contributed by atoms with E-state index in [0.29, 0.717) is 0 Å². The molecule has 1 aromatic heterocycles. The molecule has 0 saturated carbocycles. The quantitative estimate of drug-likeness (QED) is 0.808. The average molecular weight is 190 g/mol. The molecule has 0 aliphatic rings. The van der Waals surface area contributed by atoms with Gasteiger partial charge in [0.2, 0.25) is 0 Å². The van der Waals surface area contributed by atoms with E-state index in [0.717, 1.165) is 35.5 Å². The number of hydrogen-bond acceptors (Lipinski definition) is 3. The van der Waals surface area contributed by atoms with Crippen molar-refractivity contribution in [2.24, 2.45) is 0 Å². The Balaban J connectivity index is 2.43. The van der Waals surface area contributed by atoms with E-state index >= 15 is 0 Å². The van der Waals surface area contributed by atoms with Crippen LogP contribution in [0.2, 0.25) is 0 Å². The molecule has 0 aliphatic heterocycles. The summed E-state index contributed by atoms with van der Waals surface area (Å²) in [7, 11) is 1.89. The Hall–Kier alpha value is -1.51. The second-order valence-corrected chi connectivity index (χ2v) is 3.29. The van der Waals surface area contributed by atoms with Crippen LogP contribution in [0.1, 0.15) is 19.2 Å². The molecule has 1 heterocycles. The van der Waals surface area contributed by atoms with Crippen molar-refractivity contribution in [1.82, 2.24) is 4.98 Å². The average Bonchev–Trinajstić information content (AvgIpc) is 2.59. The molecule has 3 nitrogen and oxygen atoms in total. The predicted octanol–water partition coefficient (Wildman–Crippen LogP) is 2.82. The van der Waals surface area contributed by atoms with Crippen LogP contribution in [0.15, 0.2) is 22.6 Å². The molecule has 0 amide bonds. The highest BCUT2D eigenvalue weighted by atomic mass is 16.3. The molecule has 0 saturated heterocycles. The number of oxazole rings is 1. The summed E-state index contributed by atoms with van der Waals surface area (Å²) in [6.45, 7) is 2.12. The van der Waals surface area contributed by atoms with Crippen molar-refractivity contribution in [3.8, 4) is 0 Å². The van der Waals surface area contributed by atoms with Crippen LogP contribution in [-0.2, 0) is 6.42 Å². The van der Waals surface area contributed by atoms with Gasteiger partial charge in [-0.2, -0.15) is 0 Å². The molecule has 1 aromatic carbocycles. The molecule has 0 atom stereocenters. The minimum absolute atomic E-state index is 0.829. The lowest BCUT2D eigenvalue weighted by Gasteiger charge is -1.96. The molecular weight excluding hydrogens is 176 g/mol. The molecule has 0 unspecified atom stereocenters. The second-order valence-electron chi connectivity index (χ2n) is 3.29. The molecule has 14 heavy (non-hydrogen) atoms. The van der Waals surface area contributed by atoms with Gasteiger partial charge in [0.25, 0.3) is 0 Å². The lowest BCUT2D eigenvalue weighted by molar-refractivity contribution is 0.525. The molecule has 0 bridgehead atoms. The first-order chi connectivity index (χ1) is 6.83. The molecule has 1 N–H and O–H groups in total. The minimum atomic E-state index is 0.829. The fraction of sp³-hybridized carbons (Fsp3) is 0.364. The minimum Gasteiger partial charge on any atom is -0.441 e. The van der Waals surface area contributed by atoms with Gasteiger partial charge in [0.05, 0.1) is 0 Å². The Morgan fingerprint density at radius 2 is 2.29 bits per heavy atom. The Morgan fingerprint density at radius 1 is 1.43 bits per heavy atom. The smallest absolute Gasteiger partial charge is 0.195 e. The molecule has 3 heteroatoms. The summed E-state index contributed by atoms with van der Waals surface area (Å²) in [5, 5.41) is 3.07. The number of aromatic nitrogens is 1. The van der Waals surface area contributed by atoms with E-state index in [1.165, 1.54) is 0 Å². The number of rotatable bonds is 3. The summed E-state index contributed by atoms with van der Waals surface area (Å²) < 4.78 is 5.60. The Morgan fingerprint density at radius 3 is 3.00 bits per heavy atom. The van der Waals surface area contributed by atoms with E-state index in [1.54, 1.807) is 0 Å². The highest BCUT2D eigenvalue weighted by Crippen LogP contribution is 2.20. The zero-order valence-electron chi connectivity index (χ0n) is 8.50. The SMILES string of the molecule is CCCc1nc2ccc(NC)cc2o1. The van der Waals surface area contributed by atoms with Gasteiger partial charge < -0.3 is 9.73 Å². The van der Waals surface area contributed by atoms with Gasteiger partial charge in [-0.1, -0.05) is 6.92 Å². The summed E-state index contributed by atoms with van der Waals surface area (Å²) >= 11 is 0. The number of aryl methyl sites for hydroxylation is 1. The summed E-state index contributed by atoms with van der Waals surface area (Å²) in [5.41, 5.74) is 2.85. The van der Waals surface area contributed by atoms with Gasteiger partial charge in [0.15, 0.2) is 11.5 Å². The normalized spacial score (nSPS) is 10.7. The number of anilines is 1. The van der Waals surface area contributed by atoms with E-state index in [-0.39, 0.29) is 0 Å². The standard InChI is InChI=1S/C11H14N2O/c1-3-4-11-13-9-6-5-8(12-2)7-10(9)14-11/h5-7,12H,3-4H2,1-2H3. The topological polar surface area (TPSA) is 38.1 Å². The zero-order valence-corrected chi connectivity index (χ0v) is 8.50. The highest BCUT2D eigenvalue weighted by molar-refractivity contribution is 5.77. The maximum absolute atomic E-state index is 5.60. The lowest BCUT2D eigenvalue weighted by Crippen LogP contribution is -1.85. The van der Waals surface area contributed by atoms with Crippen molar-refractivity contribution < 1.29 is 4.42 Å². The Bertz CT molecular complexity index is 434. The maximum Gasteiger partial charge on any atom is 0.195 e. The third kappa shape index (κ3) is 1.58. The van der Waals surface area contributed by atoms with Crippen molar-refractivity contribution >= 4 is 16.8 Å². The molecule has 2 aromatic rings. The number of hydrogen-bond donors (Lipinski definition) is 1. The molecular formula is C11H14N2O. The van der Waals surface area contributed by atoms with Gasteiger partial charge in [0, 0.05) is 25.2 Å². The van der Waals surface area contributed by atoms with Crippen LogP contribution in [0.25, 0.3) is 11.1 Å². The van der Waals surface area contributed by atoms with Crippen molar-refractivity contribution in [3.05, 3.63) is 24.1 Å². The summed E-state index contributed by atoms with van der Waals surface area (Å²) in [6.07, 6.45) is 1.97. The first kappa shape index (κ1) is 9.06. The predicted molar refractivity (Wildman–Crippen MR) is 57.6 cm³/mol. The van der Waals surface area contributed by atoms with E-state index in [4.69, 9.17) is 4.42 Å². The monoisotopic (exact) mass is 190 g/mol. The number of fused-ring (bicyclic) bond motifs is 1. The molecule has 0 aliphatic carbocycles. The largest absolute Gasteiger partial charge is 0.441 e. The van der Waals surface area contributed by atoms with Gasteiger partial charge in [-0.05, 0) is 18.6 Å². The number of nitrogens with zero attached hydrogens (tertiary/aromatic N) is 1. The fourth-order valence-corrected chi connectivity index (χ4v) is 1.45. The first-order valence-corrected chi connectivity index (χ1v) is 4.90.